The smallest absolute Gasteiger partial charge is 0.290 e. The third-order valence-electron chi connectivity index (χ3n) is 4.12. The molecule has 2 N–H and O–H groups in total. The summed E-state index contributed by atoms with van der Waals surface area (Å²) in [7, 11) is 0. The van der Waals surface area contributed by atoms with E-state index in [1.165, 1.54) is 0 Å². The van der Waals surface area contributed by atoms with E-state index in [1.807, 2.05) is 72.8 Å². The lowest BCUT2D eigenvalue weighted by atomic mass is 9.98. The number of fused-ring (bicyclic) bond motifs is 1. The van der Waals surface area contributed by atoms with E-state index in [4.69, 9.17) is 10.3 Å². The molecule has 5 heteroatoms. The molecule has 0 amide bonds. The Morgan fingerprint density at radius 1 is 0.960 bits per heavy atom. The van der Waals surface area contributed by atoms with Gasteiger partial charge >= 0.3 is 0 Å². The lowest BCUT2D eigenvalue weighted by Gasteiger charge is -2.07. The van der Waals surface area contributed by atoms with Gasteiger partial charge in [0.1, 0.15) is 17.4 Å². The summed E-state index contributed by atoms with van der Waals surface area (Å²) in [5.74, 6) is 6.48. The molecule has 2 heterocycles. The summed E-state index contributed by atoms with van der Waals surface area (Å²) in [6, 6.07) is 22.6. The van der Waals surface area contributed by atoms with Crippen LogP contribution in [0.5, 0.6) is 0 Å². The van der Waals surface area contributed by atoms with Crippen molar-refractivity contribution in [3.63, 3.8) is 0 Å². The molecule has 0 aliphatic rings. The van der Waals surface area contributed by atoms with Gasteiger partial charge in [0.2, 0.25) is 5.71 Å². The zero-order chi connectivity index (χ0) is 17.4. The zero-order valence-electron chi connectivity index (χ0n) is 13.1. The van der Waals surface area contributed by atoms with Gasteiger partial charge in [0, 0.05) is 11.1 Å². The van der Waals surface area contributed by atoms with Crippen LogP contribution in [-0.4, -0.2) is 4.68 Å². The van der Waals surface area contributed by atoms with Crippen LogP contribution in [0.15, 0.2) is 75.9 Å². The summed E-state index contributed by atoms with van der Waals surface area (Å²) in [5, 5.41) is 10.1. The highest BCUT2D eigenvalue weighted by Gasteiger charge is 2.21. The fourth-order valence-electron chi connectivity index (χ4n) is 2.95. The molecule has 0 bridgehead atoms. The van der Waals surface area contributed by atoms with Crippen molar-refractivity contribution < 1.29 is 4.42 Å². The monoisotopic (exact) mass is 327 g/mol. The van der Waals surface area contributed by atoms with E-state index in [0.717, 1.165) is 15.8 Å². The van der Waals surface area contributed by atoms with Crippen molar-refractivity contribution in [3.05, 3.63) is 82.6 Å². The summed E-state index contributed by atoms with van der Waals surface area (Å²) in [5.41, 5.74) is 1.83. The van der Waals surface area contributed by atoms with Gasteiger partial charge < -0.3 is 10.3 Å². The molecule has 5 nitrogen and oxygen atoms in total. The quantitative estimate of drug-likeness (QED) is 0.571. The predicted octanol–water partition coefficient (Wildman–Crippen LogP) is 3.51. The number of rotatable bonds is 2. The van der Waals surface area contributed by atoms with Crippen molar-refractivity contribution >= 4 is 11.1 Å². The van der Waals surface area contributed by atoms with Gasteiger partial charge in [-0.15, -0.1) is 0 Å². The zero-order valence-corrected chi connectivity index (χ0v) is 13.1. The van der Waals surface area contributed by atoms with Crippen molar-refractivity contribution in [3.8, 4) is 28.5 Å². The summed E-state index contributed by atoms with van der Waals surface area (Å²) < 4.78 is 6.75. The molecule has 0 aliphatic carbocycles. The number of nitrogens with zero attached hydrogens (tertiary/aromatic N) is 2. The number of hydrogen-bond donors (Lipinski definition) is 1. The largest absolute Gasteiger partial charge is 0.438 e. The first kappa shape index (κ1) is 14.8. The third kappa shape index (κ3) is 2.28. The Morgan fingerprint density at radius 2 is 1.56 bits per heavy atom. The van der Waals surface area contributed by atoms with Crippen LogP contribution in [0.3, 0.4) is 0 Å². The van der Waals surface area contributed by atoms with E-state index >= 15 is 0 Å². The van der Waals surface area contributed by atoms with Crippen LogP contribution >= 0.6 is 0 Å². The van der Waals surface area contributed by atoms with Crippen molar-refractivity contribution in [2.45, 2.75) is 0 Å². The molecule has 0 atom stereocenters. The highest BCUT2D eigenvalue weighted by atomic mass is 16.3. The molecule has 0 saturated carbocycles. The van der Waals surface area contributed by atoms with E-state index in [9.17, 15) is 10.1 Å². The Morgan fingerprint density at radius 3 is 2.16 bits per heavy atom. The molecule has 0 spiro atoms. The van der Waals surface area contributed by atoms with Gasteiger partial charge in [-0.1, -0.05) is 60.7 Å². The molecule has 120 valence electrons. The average molecular weight is 327 g/mol. The van der Waals surface area contributed by atoms with Gasteiger partial charge in [-0.3, -0.25) is 4.79 Å². The van der Waals surface area contributed by atoms with Crippen LogP contribution < -0.4 is 11.4 Å². The molecular weight excluding hydrogens is 314 g/mol. The maximum absolute atomic E-state index is 12.5. The highest BCUT2D eigenvalue weighted by molar-refractivity contribution is 5.97. The second kappa shape index (κ2) is 5.69. The molecule has 0 fully saturated rings. The average Bonchev–Trinajstić information content (AvgIpc) is 3.11. The summed E-state index contributed by atoms with van der Waals surface area (Å²) in [6.07, 6.45) is 0. The first-order chi connectivity index (χ1) is 12.2. The second-order valence-corrected chi connectivity index (χ2v) is 5.60. The first-order valence-corrected chi connectivity index (χ1v) is 7.69. The Labute approximate surface area is 143 Å². The Bertz CT molecular complexity index is 1170. The van der Waals surface area contributed by atoms with Crippen LogP contribution in [-0.2, 0) is 0 Å². The number of benzene rings is 2. The third-order valence-corrected chi connectivity index (χ3v) is 4.12. The lowest BCUT2D eigenvalue weighted by Crippen LogP contribution is -2.29. The molecule has 0 aliphatic heterocycles. The van der Waals surface area contributed by atoms with Crippen LogP contribution in [0, 0.1) is 11.3 Å². The van der Waals surface area contributed by atoms with Crippen LogP contribution in [0.2, 0.25) is 0 Å². The number of furan rings is 1. The van der Waals surface area contributed by atoms with Crippen molar-refractivity contribution in [1.82, 2.24) is 4.68 Å². The highest BCUT2D eigenvalue weighted by Crippen LogP contribution is 2.34. The molecule has 0 saturated heterocycles. The summed E-state index contributed by atoms with van der Waals surface area (Å²) in [6.45, 7) is 0. The Kier molecular flexibility index (Phi) is 3.37. The Hall–Kier alpha value is -3.78. The molecule has 4 rings (SSSR count). The normalized spacial score (nSPS) is 10.7. The number of aromatic nitrogens is 1. The van der Waals surface area contributed by atoms with Crippen molar-refractivity contribution in [2.75, 3.05) is 5.84 Å². The molecule has 4 aromatic rings. The van der Waals surface area contributed by atoms with Gasteiger partial charge in [0.15, 0.2) is 0 Å². The summed E-state index contributed by atoms with van der Waals surface area (Å²) >= 11 is 0. The van der Waals surface area contributed by atoms with E-state index in [2.05, 4.69) is 0 Å². The maximum atomic E-state index is 12.5. The van der Waals surface area contributed by atoms with E-state index in [-0.39, 0.29) is 11.3 Å². The van der Waals surface area contributed by atoms with Gasteiger partial charge in [-0.2, -0.15) is 9.94 Å². The molecule has 2 aromatic heterocycles. The predicted molar refractivity (Wildman–Crippen MR) is 96.2 cm³/mol. The van der Waals surface area contributed by atoms with Crippen molar-refractivity contribution in [2.24, 2.45) is 0 Å². The fourth-order valence-corrected chi connectivity index (χ4v) is 2.95. The van der Waals surface area contributed by atoms with Gasteiger partial charge in [0.25, 0.3) is 5.56 Å². The number of pyridine rings is 1. The number of nitrogen functional groups attached to an aromatic ring is 1. The number of hydrogen-bond acceptors (Lipinski definition) is 4. The van der Waals surface area contributed by atoms with Gasteiger partial charge in [-0.25, -0.2) is 0 Å². The van der Waals surface area contributed by atoms with E-state index < -0.39 is 5.56 Å². The standard InChI is InChI=1S/C20H13N3O2/c21-12-16-18(14-9-5-2-6-10-14)15-11-17(13-7-3-1-4-8-13)25-20(15)23(22)19(16)24/h1-11H,22H2. The topological polar surface area (TPSA) is 84.9 Å². The fraction of sp³-hybridized carbons (Fsp3) is 0. The lowest BCUT2D eigenvalue weighted by molar-refractivity contribution is 0.599. The molecule has 2 aromatic carbocycles. The van der Waals surface area contributed by atoms with Crippen LogP contribution in [0.4, 0.5) is 0 Å². The molecule has 0 unspecified atom stereocenters. The molecule has 25 heavy (non-hydrogen) atoms. The van der Waals surface area contributed by atoms with E-state index in [1.54, 1.807) is 0 Å². The SMILES string of the molecule is N#Cc1c(-c2ccccc2)c2cc(-c3ccccc3)oc2n(N)c1=O. The first-order valence-electron chi connectivity index (χ1n) is 7.69. The molecule has 0 radical (unpaired) electrons. The van der Waals surface area contributed by atoms with Crippen LogP contribution in [0.1, 0.15) is 5.56 Å². The second-order valence-electron chi connectivity index (χ2n) is 5.60. The van der Waals surface area contributed by atoms with Gasteiger partial charge in [-0.05, 0) is 11.6 Å². The van der Waals surface area contributed by atoms with E-state index in [0.29, 0.717) is 16.7 Å². The maximum Gasteiger partial charge on any atom is 0.290 e. The van der Waals surface area contributed by atoms with Crippen LogP contribution in [0.25, 0.3) is 33.6 Å². The minimum absolute atomic E-state index is 0.00149. The minimum atomic E-state index is -0.581. The number of nitriles is 1. The van der Waals surface area contributed by atoms with Gasteiger partial charge in [0.05, 0.1) is 5.39 Å². The van der Waals surface area contributed by atoms with Crippen molar-refractivity contribution in [1.29, 1.82) is 5.26 Å². The molecular formula is C20H13N3O2. The summed E-state index contributed by atoms with van der Waals surface area (Å²) in [4.78, 5) is 12.5. The minimum Gasteiger partial charge on any atom is -0.438 e. The Balaban J connectivity index is 2.13. The number of nitrogens with two attached hydrogens (primary N) is 1.